The van der Waals surface area contributed by atoms with Crippen LogP contribution < -0.4 is 5.73 Å². The molecule has 2 fully saturated rings. The van der Waals surface area contributed by atoms with E-state index in [9.17, 15) is 0 Å². The predicted molar refractivity (Wildman–Crippen MR) is 71.1 cm³/mol. The van der Waals surface area contributed by atoms with Crippen LogP contribution >= 0.6 is 0 Å². The number of H-pyrrole nitrogens is 1. The van der Waals surface area contributed by atoms with E-state index >= 15 is 0 Å². The van der Waals surface area contributed by atoms with Gasteiger partial charge in [-0.2, -0.15) is 5.10 Å². The Labute approximate surface area is 109 Å². The number of aromatic nitrogens is 3. The minimum Gasteiger partial charge on any atom is -0.321 e. The number of hydrogen-bond acceptors (Lipinski definition) is 3. The summed E-state index contributed by atoms with van der Waals surface area (Å²) in [6, 6.07) is 0.0386. The smallest absolute Gasteiger partial charge is 0.167 e. The third kappa shape index (κ3) is 2.44. The summed E-state index contributed by atoms with van der Waals surface area (Å²) in [7, 11) is 0. The molecule has 1 aromatic rings. The maximum atomic E-state index is 6.34. The molecule has 100 valence electrons. The van der Waals surface area contributed by atoms with Gasteiger partial charge >= 0.3 is 0 Å². The lowest BCUT2D eigenvalue weighted by atomic mass is 9.84. The molecule has 1 unspecified atom stereocenters. The number of nitrogens with one attached hydrogen (secondary N) is 1. The van der Waals surface area contributed by atoms with Crippen molar-refractivity contribution in [3.05, 3.63) is 11.6 Å². The van der Waals surface area contributed by atoms with Gasteiger partial charge in [-0.25, -0.2) is 4.98 Å². The van der Waals surface area contributed by atoms with Crippen LogP contribution in [0.25, 0.3) is 0 Å². The number of nitrogens with zero attached hydrogens (tertiary/aromatic N) is 2. The van der Waals surface area contributed by atoms with Crippen molar-refractivity contribution < 1.29 is 0 Å². The van der Waals surface area contributed by atoms with Crippen LogP contribution in [0.4, 0.5) is 0 Å². The second-order valence-corrected chi connectivity index (χ2v) is 5.98. The number of rotatable bonds is 3. The normalized spacial score (nSPS) is 24.5. The molecule has 0 amide bonds. The molecular weight excluding hydrogens is 224 g/mol. The molecule has 3 N–H and O–H groups in total. The largest absolute Gasteiger partial charge is 0.321 e. The maximum Gasteiger partial charge on any atom is 0.167 e. The highest BCUT2D eigenvalue weighted by atomic mass is 15.2. The Hall–Kier alpha value is -0.900. The first-order valence-corrected chi connectivity index (χ1v) is 7.52. The van der Waals surface area contributed by atoms with Crippen molar-refractivity contribution in [1.29, 1.82) is 0 Å². The minimum atomic E-state index is 0.0386. The summed E-state index contributed by atoms with van der Waals surface area (Å²) in [5.74, 6) is 3.12. The van der Waals surface area contributed by atoms with Gasteiger partial charge in [-0.3, -0.25) is 5.10 Å². The lowest BCUT2D eigenvalue weighted by Crippen LogP contribution is -2.24. The predicted octanol–water partition coefficient (Wildman–Crippen LogP) is 3.04. The van der Waals surface area contributed by atoms with Crippen molar-refractivity contribution in [2.75, 3.05) is 0 Å². The summed E-state index contributed by atoms with van der Waals surface area (Å²) >= 11 is 0. The first-order valence-electron chi connectivity index (χ1n) is 7.52. The highest BCUT2D eigenvalue weighted by molar-refractivity contribution is 5.03. The van der Waals surface area contributed by atoms with Gasteiger partial charge in [0.2, 0.25) is 0 Å². The van der Waals surface area contributed by atoms with E-state index in [1.165, 1.54) is 57.8 Å². The Kier molecular flexibility index (Phi) is 3.64. The monoisotopic (exact) mass is 248 g/mol. The zero-order valence-electron chi connectivity index (χ0n) is 11.1. The Balaban J connectivity index is 1.67. The Morgan fingerprint density at radius 3 is 2.39 bits per heavy atom. The Bertz CT molecular complexity index is 375. The standard InChI is InChI=1S/C14H24N4/c15-12(10-6-2-1-3-7-10)14-16-13(17-18-14)11-8-4-5-9-11/h10-12H,1-9,15H2,(H,16,17,18). The quantitative estimate of drug-likeness (QED) is 0.864. The molecule has 2 aliphatic rings. The van der Waals surface area contributed by atoms with Gasteiger partial charge in [0.15, 0.2) is 5.82 Å². The van der Waals surface area contributed by atoms with Gasteiger partial charge in [0.25, 0.3) is 0 Å². The van der Waals surface area contributed by atoms with E-state index in [1.54, 1.807) is 0 Å². The molecule has 2 aliphatic carbocycles. The molecule has 4 nitrogen and oxygen atoms in total. The van der Waals surface area contributed by atoms with E-state index in [4.69, 9.17) is 5.73 Å². The van der Waals surface area contributed by atoms with E-state index in [-0.39, 0.29) is 6.04 Å². The highest BCUT2D eigenvalue weighted by Crippen LogP contribution is 2.34. The Morgan fingerprint density at radius 2 is 1.67 bits per heavy atom. The van der Waals surface area contributed by atoms with Crippen molar-refractivity contribution >= 4 is 0 Å². The third-order valence-corrected chi connectivity index (χ3v) is 4.72. The van der Waals surface area contributed by atoms with Crippen LogP contribution in [0.2, 0.25) is 0 Å². The van der Waals surface area contributed by atoms with Gasteiger partial charge in [-0.1, -0.05) is 32.1 Å². The third-order valence-electron chi connectivity index (χ3n) is 4.72. The van der Waals surface area contributed by atoms with Crippen LogP contribution in [0, 0.1) is 5.92 Å². The van der Waals surface area contributed by atoms with Crippen LogP contribution in [-0.2, 0) is 0 Å². The average molecular weight is 248 g/mol. The van der Waals surface area contributed by atoms with Crippen molar-refractivity contribution in [1.82, 2.24) is 15.2 Å². The van der Waals surface area contributed by atoms with E-state index in [2.05, 4.69) is 15.2 Å². The molecule has 1 aromatic heterocycles. The summed E-state index contributed by atoms with van der Waals surface area (Å²) in [4.78, 5) is 4.68. The fraction of sp³-hybridized carbons (Fsp3) is 0.857. The van der Waals surface area contributed by atoms with Gasteiger partial charge in [-0.15, -0.1) is 0 Å². The molecule has 2 saturated carbocycles. The molecule has 0 aromatic carbocycles. The van der Waals surface area contributed by atoms with E-state index < -0.39 is 0 Å². The SMILES string of the molecule is NC(c1n[nH]c(C2CCCC2)n1)C1CCCCC1. The molecule has 0 bridgehead atoms. The van der Waals surface area contributed by atoms with Crippen molar-refractivity contribution in [3.63, 3.8) is 0 Å². The summed E-state index contributed by atoms with van der Waals surface area (Å²) in [6.07, 6.45) is 11.7. The minimum absolute atomic E-state index is 0.0386. The van der Waals surface area contributed by atoms with Crippen LogP contribution in [0.3, 0.4) is 0 Å². The van der Waals surface area contributed by atoms with Crippen molar-refractivity contribution in [2.45, 2.75) is 69.7 Å². The first-order chi connectivity index (χ1) is 8.84. The van der Waals surface area contributed by atoms with Gasteiger partial charge in [-0.05, 0) is 31.6 Å². The lowest BCUT2D eigenvalue weighted by molar-refractivity contribution is 0.301. The van der Waals surface area contributed by atoms with Crippen LogP contribution in [0.5, 0.6) is 0 Å². The summed E-state index contributed by atoms with van der Waals surface area (Å²) in [5.41, 5.74) is 6.34. The average Bonchev–Trinajstić information content (AvgIpc) is 3.09. The van der Waals surface area contributed by atoms with Crippen LogP contribution in [-0.4, -0.2) is 15.2 Å². The van der Waals surface area contributed by atoms with E-state index in [0.717, 1.165) is 11.6 Å². The summed E-state index contributed by atoms with van der Waals surface area (Å²) in [5, 5.41) is 7.50. The molecule has 18 heavy (non-hydrogen) atoms. The first kappa shape index (κ1) is 12.2. The van der Waals surface area contributed by atoms with Crippen LogP contribution in [0.15, 0.2) is 0 Å². The molecule has 0 radical (unpaired) electrons. The van der Waals surface area contributed by atoms with Gasteiger partial charge < -0.3 is 5.73 Å². The summed E-state index contributed by atoms with van der Waals surface area (Å²) in [6.45, 7) is 0. The van der Waals surface area contributed by atoms with E-state index in [0.29, 0.717) is 11.8 Å². The van der Waals surface area contributed by atoms with Crippen molar-refractivity contribution in [3.8, 4) is 0 Å². The topological polar surface area (TPSA) is 67.6 Å². The van der Waals surface area contributed by atoms with Gasteiger partial charge in [0.05, 0.1) is 6.04 Å². The van der Waals surface area contributed by atoms with Gasteiger partial charge in [0, 0.05) is 5.92 Å². The zero-order chi connectivity index (χ0) is 12.4. The fourth-order valence-electron chi connectivity index (χ4n) is 3.52. The lowest BCUT2D eigenvalue weighted by Gasteiger charge is -2.25. The number of aromatic amines is 1. The van der Waals surface area contributed by atoms with Crippen LogP contribution in [0.1, 0.15) is 81.4 Å². The number of hydrogen-bond donors (Lipinski definition) is 2. The maximum absolute atomic E-state index is 6.34. The zero-order valence-corrected chi connectivity index (χ0v) is 11.1. The molecule has 1 atom stereocenters. The molecule has 3 rings (SSSR count). The second kappa shape index (κ2) is 5.39. The van der Waals surface area contributed by atoms with Gasteiger partial charge in [0.1, 0.15) is 5.82 Å². The summed E-state index contributed by atoms with van der Waals surface area (Å²) < 4.78 is 0. The second-order valence-electron chi connectivity index (χ2n) is 5.98. The molecule has 1 heterocycles. The van der Waals surface area contributed by atoms with Crippen molar-refractivity contribution in [2.24, 2.45) is 11.7 Å². The number of nitrogens with two attached hydrogens (primary N) is 1. The fourth-order valence-corrected chi connectivity index (χ4v) is 3.52. The molecule has 0 aliphatic heterocycles. The molecule has 0 saturated heterocycles. The van der Waals surface area contributed by atoms with E-state index in [1.807, 2.05) is 0 Å². The molecule has 0 spiro atoms. The molecule has 4 heteroatoms. The Morgan fingerprint density at radius 1 is 1.00 bits per heavy atom. The molecular formula is C14H24N4. The highest BCUT2D eigenvalue weighted by Gasteiger charge is 2.27.